The second-order valence-corrected chi connectivity index (χ2v) is 5.52. The van der Waals surface area contributed by atoms with Crippen LogP contribution in [0.25, 0.3) is 0 Å². The molecule has 0 radical (unpaired) electrons. The Hall–Kier alpha value is -2.02. The number of carboxylic acid groups (broad SMARTS) is 1. The van der Waals surface area contributed by atoms with E-state index in [1.807, 2.05) is 0 Å². The fourth-order valence-electron chi connectivity index (χ4n) is 3.27. The summed E-state index contributed by atoms with van der Waals surface area (Å²) in [4.78, 5) is 30.5. The number of rotatable bonds is 6. The quantitative estimate of drug-likeness (QED) is 0.826. The molecule has 1 aliphatic rings. The molecule has 1 fully saturated rings. The third-order valence-electron chi connectivity index (χ3n) is 4.79. The van der Waals surface area contributed by atoms with Crippen LogP contribution >= 0.6 is 0 Å². The van der Waals surface area contributed by atoms with Crippen LogP contribution in [0.15, 0.2) is 12.4 Å². The van der Waals surface area contributed by atoms with Crippen LogP contribution < -0.4 is 5.32 Å². The number of amides is 1. The second kappa shape index (κ2) is 6.39. The minimum atomic E-state index is -1.17. The predicted octanol–water partition coefficient (Wildman–Crippen LogP) is 1.50. The summed E-state index contributed by atoms with van der Waals surface area (Å²) in [5.74, 6) is -1.51. The summed E-state index contributed by atoms with van der Waals surface area (Å²) >= 11 is 0. The molecule has 0 aliphatic heterocycles. The minimum Gasteiger partial charge on any atom is -0.476 e. The third kappa shape index (κ3) is 2.68. The van der Waals surface area contributed by atoms with Crippen LogP contribution in [0.2, 0.25) is 0 Å². The summed E-state index contributed by atoms with van der Waals surface area (Å²) in [6, 6.07) is 0.0286. The summed E-state index contributed by atoms with van der Waals surface area (Å²) < 4.78 is 5.50. The molecule has 0 saturated heterocycles. The number of methoxy groups -OCH3 is 1. The number of carboxylic acids is 1. The van der Waals surface area contributed by atoms with Gasteiger partial charge in [-0.15, -0.1) is 0 Å². The van der Waals surface area contributed by atoms with Crippen molar-refractivity contribution in [2.75, 3.05) is 7.11 Å². The maximum Gasteiger partial charge on any atom is 0.356 e. The molecule has 0 aromatic carbocycles. The highest BCUT2D eigenvalue weighted by atomic mass is 16.5. The van der Waals surface area contributed by atoms with Crippen molar-refractivity contribution in [1.29, 1.82) is 0 Å². The van der Waals surface area contributed by atoms with Gasteiger partial charge in [0.1, 0.15) is 5.69 Å². The molecule has 2 rings (SSSR count). The van der Waals surface area contributed by atoms with Gasteiger partial charge in [-0.25, -0.2) is 14.8 Å². The van der Waals surface area contributed by atoms with Crippen LogP contribution in [0.5, 0.6) is 0 Å². The molecule has 7 heteroatoms. The number of nitrogens with one attached hydrogen (secondary N) is 1. The molecule has 1 heterocycles. The van der Waals surface area contributed by atoms with Crippen LogP contribution in [0.1, 0.15) is 54.1 Å². The lowest BCUT2D eigenvalue weighted by atomic mass is 9.58. The molecule has 2 unspecified atom stereocenters. The highest BCUT2D eigenvalue weighted by Crippen LogP contribution is 2.48. The maximum absolute atomic E-state index is 12.2. The third-order valence-corrected chi connectivity index (χ3v) is 4.79. The molecule has 120 valence electrons. The molecule has 0 bridgehead atoms. The van der Waals surface area contributed by atoms with Gasteiger partial charge in [0.05, 0.1) is 18.5 Å². The second-order valence-electron chi connectivity index (χ2n) is 5.52. The van der Waals surface area contributed by atoms with E-state index < -0.39 is 5.97 Å². The Labute approximate surface area is 129 Å². The predicted molar refractivity (Wildman–Crippen MR) is 78.7 cm³/mol. The Morgan fingerprint density at radius 1 is 1.32 bits per heavy atom. The Bertz CT molecular complexity index is 554. The van der Waals surface area contributed by atoms with Crippen molar-refractivity contribution in [3.8, 4) is 0 Å². The average molecular weight is 307 g/mol. The van der Waals surface area contributed by atoms with Gasteiger partial charge in [-0.05, 0) is 19.3 Å². The number of hydrogen-bond acceptors (Lipinski definition) is 5. The Kier molecular flexibility index (Phi) is 4.75. The molecule has 1 aliphatic carbocycles. The minimum absolute atomic E-state index is 0.0286. The van der Waals surface area contributed by atoms with Crippen LogP contribution in [-0.2, 0) is 4.74 Å². The molecule has 22 heavy (non-hydrogen) atoms. The molecule has 2 atom stereocenters. The number of carbonyl (C=O) groups excluding carboxylic acids is 1. The standard InChI is InChI=1S/C15H21N3O4/c1-4-15(5-2)11(6-12(15)22-3)18-13(19)9-7-17-10(8-16-9)14(20)21/h7-8,11-12H,4-6H2,1-3H3,(H,18,19)(H,20,21). The highest BCUT2D eigenvalue weighted by Gasteiger charge is 2.53. The summed E-state index contributed by atoms with van der Waals surface area (Å²) in [6.45, 7) is 4.19. The lowest BCUT2D eigenvalue weighted by Crippen LogP contribution is -2.64. The Morgan fingerprint density at radius 2 is 1.91 bits per heavy atom. The molecule has 1 amide bonds. The lowest BCUT2D eigenvalue weighted by Gasteiger charge is -2.55. The van der Waals surface area contributed by atoms with E-state index in [1.54, 1.807) is 7.11 Å². The number of aromatic nitrogens is 2. The summed E-state index contributed by atoms with van der Waals surface area (Å²) in [5.41, 5.74) is -0.123. The van der Waals surface area contributed by atoms with Crippen molar-refractivity contribution in [2.45, 2.75) is 45.3 Å². The van der Waals surface area contributed by atoms with Crippen LogP contribution in [0.3, 0.4) is 0 Å². The molecule has 2 N–H and O–H groups in total. The van der Waals surface area contributed by atoms with Gasteiger partial charge in [0, 0.05) is 18.6 Å². The monoisotopic (exact) mass is 307 g/mol. The average Bonchev–Trinajstić information content (AvgIpc) is 2.52. The fourth-order valence-corrected chi connectivity index (χ4v) is 3.27. The SMILES string of the molecule is CCC1(CC)C(NC(=O)c2cnc(C(=O)O)cn2)CC1OC. The van der Waals surface area contributed by atoms with Crippen molar-refractivity contribution in [3.05, 3.63) is 23.8 Å². The fraction of sp³-hybridized carbons (Fsp3) is 0.600. The first kappa shape index (κ1) is 16.4. The topological polar surface area (TPSA) is 101 Å². The molecular weight excluding hydrogens is 286 g/mol. The largest absolute Gasteiger partial charge is 0.476 e. The van der Waals surface area contributed by atoms with Crippen LogP contribution in [0, 0.1) is 5.41 Å². The van der Waals surface area contributed by atoms with E-state index in [4.69, 9.17) is 9.84 Å². The van der Waals surface area contributed by atoms with E-state index in [1.165, 1.54) is 6.20 Å². The maximum atomic E-state index is 12.2. The van der Waals surface area contributed by atoms with Crippen molar-refractivity contribution in [2.24, 2.45) is 5.41 Å². The molecule has 0 spiro atoms. The zero-order chi connectivity index (χ0) is 16.3. The summed E-state index contributed by atoms with van der Waals surface area (Å²) in [7, 11) is 1.69. The highest BCUT2D eigenvalue weighted by molar-refractivity contribution is 5.93. The number of ether oxygens (including phenoxy) is 1. The van der Waals surface area contributed by atoms with Crippen molar-refractivity contribution in [1.82, 2.24) is 15.3 Å². The van der Waals surface area contributed by atoms with Gasteiger partial charge in [0.25, 0.3) is 5.91 Å². The number of hydrogen-bond donors (Lipinski definition) is 2. The zero-order valence-corrected chi connectivity index (χ0v) is 13.0. The molecule has 1 aromatic heterocycles. The smallest absolute Gasteiger partial charge is 0.356 e. The first-order valence-electron chi connectivity index (χ1n) is 7.37. The lowest BCUT2D eigenvalue weighted by molar-refractivity contribution is -0.120. The summed E-state index contributed by atoms with van der Waals surface area (Å²) in [6.07, 6.45) is 5.01. The van der Waals surface area contributed by atoms with Gasteiger partial charge >= 0.3 is 5.97 Å². The first-order chi connectivity index (χ1) is 10.5. The first-order valence-corrected chi connectivity index (χ1v) is 7.37. The van der Waals surface area contributed by atoms with E-state index in [0.29, 0.717) is 0 Å². The Morgan fingerprint density at radius 3 is 2.36 bits per heavy atom. The van der Waals surface area contributed by atoms with Gasteiger partial charge in [-0.3, -0.25) is 4.79 Å². The number of carbonyl (C=O) groups is 2. The van der Waals surface area contributed by atoms with Crippen molar-refractivity contribution in [3.63, 3.8) is 0 Å². The molecular formula is C15H21N3O4. The number of aromatic carboxylic acids is 1. The van der Waals surface area contributed by atoms with Gasteiger partial charge in [-0.1, -0.05) is 13.8 Å². The van der Waals surface area contributed by atoms with Gasteiger partial charge in [-0.2, -0.15) is 0 Å². The van der Waals surface area contributed by atoms with Crippen LogP contribution in [0.4, 0.5) is 0 Å². The van der Waals surface area contributed by atoms with E-state index >= 15 is 0 Å². The Balaban J connectivity index is 2.07. The molecule has 7 nitrogen and oxygen atoms in total. The van der Waals surface area contributed by atoms with Crippen molar-refractivity contribution < 1.29 is 19.4 Å². The van der Waals surface area contributed by atoms with Gasteiger partial charge in [0.15, 0.2) is 5.69 Å². The van der Waals surface area contributed by atoms with E-state index in [9.17, 15) is 9.59 Å². The zero-order valence-electron chi connectivity index (χ0n) is 13.0. The molecule has 1 aromatic rings. The van der Waals surface area contributed by atoms with E-state index in [0.717, 1.165) is 25.5 Å². The van der Waals surface area contributed by atoms with Gasteiger partial charge in [0.2, 0.25) is 0 Å². The number of nitrogens with zero attached hydrogens (tertiary/aromatic N) is 2. The van der Waals surface area contributed by atoms with E-state index in [2.05, 4.69) is 29.1 Å². The summed E-state index contributed by atoms with van der Waals surface area (Å²) in [5, 5.41) is 11.7. The normalized spacial score (nSPS) is 22.7. The van der Waals surface area contributed by atoms with E-state index in [-0.39, 0.29) is 34.9 Å². The van der Waals surface area contributed by atoms with Crippen LogP contribution in [-0.4, -0.2) is 46.2 Å². The van der Waals surface area contributed by atoms with Crippen molar-refractivity contribution >= 4 is 11.9 Å². The van der Waals surface area contributed by atoms with Gasteiger partial charge < -0.3 is 15.2 Å². The molecule has 1 saturated carbocycles.